The lowest BCUT2D eigenvalue weighted by molar-refractivity contribution is -0.118. The summed E-state index contributed by atoms with van der Waals surface area (Å²) in [5.74, 6) is 0.0750. The molecule has 0 fully saturated rings. The number of alkyl carbamates (subject to hydrolysis) is 1. The van der Waals surface area contributed by atoms with Gasteiger partial charge in [-0.15, -0.1) is 0 Å². The van der Waals surface area contributed by atoms with Crippen molar-refractivity contribution in [1.29, 1.82) is 0 Å². The van der Waals surface area contributed by atoms with E-state index in [-0.39, 0.29) is 12.3 Å². The predicted octanol–water partition coefficient (Wildman–Crippen LogP) is 5.06. The maximum absolute atomic E-state index is 11.7. The summed E-state index contributed by atoms with van der Waals surface area (Å²) >= 11 is 0. The smallest absolute Gasteiger partial charge is 0.407 e. The Morgan fingerprint density at radius 1 is 0.920 bits per heavy atom. The molecule has 0 heterocycles. The Morgan fingerprint density at radius 2 is 1.56 bits per heavy atom. The lowest BCUT2D eigenvalue weighted by atomic mass is 10.1. The fourth-order valence-corrected chi connectivity index (χ4v) is 2.67. The van der Waals surface area contributed by atoms with Gasteiger partial charge in [0.05, 0.1) is 13.2 Å². The highest BCUT2D eigenvalue weighted by atomic mass is 16.5. The van der Waals surface area contributed by atoms with Crippen LogP contribution < -0.4 is 5.32 Å². The first kappa shape index (κ1) is 21.2. The van der Waals surface area contributed by atoms with Crippen molar-refractivity contribution in [3.8, 4) is 0 Å². The molecule has 0 atom stereocenters. The maximum Gasteiger partial charge on any atom is 0.407 e. The van der Waals surface area contributed by atoms with E-state index in [4.69, 9.17) is 4.74 Å². The third kappa shape index (κ3) is 12.2. The molecule has 0 saturated heterocycles. The van der Waals surface area contributed by atoms with Gasteiger partial charge in [-0.05, 0) is 12.0 Å². The van der Waals surface area contributed by atoms with Crippen LogP contribution in [0.25, 0.3) is 0 Å². The molecule has 0 aliphatic rings. The Balaban J connectivity index is 1.94. The van der Waals surface area contributed by atoms with Crippen LogP contribution in [0.1, 0.15) is 70.3 Å². The summed E-state index contributed by atoms with van der Waals surface area (Å²) in [5, 5.41) is 2.53. The number of carbonyl (C=O) groups is 2. The summed E-state index contributed by atoms with van der Waals surface area (Å²) in [4.78, 5) is 23.3. The molecule has 0 saturated carbocycles. The van der Waals surface area contributed by atoms with Crippen LogP contribution in [0.2, 0.25) is 0 Å². The molecule has 140 valence electrons. The van der Waals surface area contributed by atoms with Gasteiger partial charge in [0.1, 0.15) is 0 Å². The molecule has 4 nitrogen and oxygen atoms in total. The second-order valence-corrected chi connectivity index (χ2v) is 6.49. The zero-order valence-corrected chi connectivity index (χ0v) is 15.6. The fraction of sp³-hybridized carbons (Fsp3) is 0.619. The minimum atomic E-state index is -0.514. The van der Waals surface area contributed by atoms with E-state index in [2.05, 4.69) is 12.2 Å². The van der Waals surface area contributed by atoms with Gasteiger partial charge in [-0.25, -0.2) is 4.79 Å². The zero-order valence-electron chi connectivity index (χ0n) is 15.6. The molecule has 1 aromatic carbocycles. The lowest BCUT2D eigenvalue weighted by Crippen LogP contribution is -2.30. The van der Waals surface area contributed by atoms with Crippen LogP contribution in [0.5, 0.6) is 0 Å². The third-order valence-electron chi connectivity index (χ3n) is 4.21. The van der Waals surface area contributed by atoms with Gasteiger partial charge in [0.25, 0.3) is 0 Å². The average molecular weight is 347 g/mol. The van der Waals surface area contributed by atoms with Crippen molar-refractivity contribution in [2.45, 2.75) is 71.1 Å². The van der Waals surface area contributed by atoms with E-state index in [0.717, 1.165) is 18.4 Å². The molecule has 4 heteroatoms. The van der Waals surface area contributed by atoms with Crippen LogP contribution in [0.15, 0.2) is 30.3 Å². The molecule has 0 aromatic heterocycles. The van der Waals surface area contributed by atoms with Gasteiger partial charge in [-0.3, -0.25) is 4.79 Å². The zero-order chi connectivity index (χ0) is 18.2. The van der Waals surface area contributed by atoms with E-state index in [1.165, 1.54) is 38.5 Å². The van der Waals surface area contributed by atoms with E-state index in [1.54, 1.807) is 0 Å². The molecular formula is C21H33NO3. The Hall–Kier alpha value is -1.84. The van der Waals surface area contributed by atoms with Crippen LogP contribution in [-0.2, 0) is 16.0 Å². The van der Waals surface area contributed by atoms with Gasteiger partial charge < -0.3 is 10.1 Å². The van der Waals surface area contributed by atoms with Crippen molar-refractivity contribution in [2.75, 3.05) is 13.2 Å². The molecule has 0 bridgehead atoms. The number of rotatable bonds is 14. The normalized spacial score (nSPS) is 10.4. The fourth-order valence-electron chi connectivity index (χ4n) is 2.67. The number of hydrogen-bond donors (Lipinski definition) is 1. The van der Waals surface area contributed by atoms with Gasteiger partial charge in [0, 0.05) is 12.8 Å². The number of Topliss-reactive ketones (excluding diaryl/α,β-unsaturated/α-hetero) is 1. The van der Waals surface area contributed by atoms with Crippen molar-refractivity contribution in [3.63, 3.8) is 0 Å². The molecule has 0 unspecified atom stereocenters. The van der Waals surface area contributed by atoms with Crippen LogP contribution in [0.4, 0.5) is 4.79 Å². The number of unbranched alkanes of at least 4 members (excludes halogenated alkanes) is 7. The monoisotopic (exact) mass is 347 g/mol. The quantitative estimate of drug-likeness (QED) is 0.479. The number of ketones is 1. The SMILES string of the molecule is CCCCCCCCCCC(=O)CNC(=O)OCCc1ccccc1. The average Bonchev–Trinajstić information content (AvgIpc) is 2.63. The number of ether oxygens (including phenoxy) is 1. The van der Waals surface area contributed by atoms with Crippen molar-refractivity contribution >= 4 is 11.9 Å². The number of hydrogen-bond acceptors (Lipinski definition) is 3. The van der Waals surface area contributed by atoms with Crippen LogP contribution in [-0.4, -0.2) is 25.0 Å². The number of carbonyl (C=O) groups excluding carboxylic acids is 2. The summed E-state index contributed by atoms with van der Waals surface area (Å²) in [5.41, 5.74) is 1.13. The minimum Gasteiger partial charge on any atom is -0.449 e. The van der Waals surface area contributed by atoms with E-state index in [1.807, 2.05) is 30.3 Å². The number of amides is 1. The van der Waals surface area contributed by atoms with Gasteiger partial charge >= 0.3 is 6.09 Å². The molecule has 0 radical (unpaired) electrons. The molecule has 1 amide bonds. The highest BCUT2D eigenvalue weighted by Gasteiger charge is 2.06. The highest BCUT2D eigenvalue weighted by Crippen LogP contribution is 2.09. The van der Waals surface area contributed by atoms with Crippen molar-refractivity contribution in [1.82, 2.24) is 5.32 Å². The van der Waals surface area contributed by atoms with Crippen LogP contribution >= 0.6 is 0 Å². The van der Waals surface area contributed by atoms with Crippen molar-refractivity contribution in [3.05, 3.63) is 35.9 Å². The molecule has 1 aromatic rings. The summed E-state index contributed by atoms with van der Waals surface area (Å²) in [6, 6.07) is 9.86. The van der Waals surface area contributed by atoms with Gasteiger partial charge in [0.15, 0.2) is 5.78 Å². The Bertz CT molecular complexity index is 473. The molecule has 25 heavy (non-hydrogen) atoms. The Kier molecular flexibility index (Phi) is 12.3. The Morgan fingerprint density at radius 3 is 2.24 bits per heavy atom. The second-order valence-electron chi connectivity index (χ2n) is 6.49. The largest absolute Gasteiger partial charge is 0.449 e. The van der Waals surface area contributed by atoms with E-state index in [9.17, 15) is 9.59 Å². The van der Waals surface area contributed by atoms with Gasteiger partial charge in [0.2, 0.25) is 0 Å². The molecule has 0 spiro atoms. The summed E-state index contributed by atoms with van der Waals surface area (Å²) in [6.45, 7) is 2.61. The van der Waals surface area contributed by atoms with E-state index in [0.29, 0.717) is 19.4 Å². The summed E-state index contributed by atoms with van der Waals surface area (Å²) in [6.07, 6.45) is 10.4. The molecule has 1 rings (SSSR count). The first-order chi connectivity index (χ1) is 12.2. The third-order valence-corrected chi connectivity index (χ3v) is 4.21. The predicted molar refractivity (Wildman–Crippen MR) is 102 cm³/mol. The maximum atomic E-state index is 11.7. The second kappa shape index (κ2) is 14.5. The first-order valence-corrected chi connectivity index (χ1v) is 9.68. The standard InChI is InChI=1S/C21H33NO3/c1-2-3-4-5-6-7-8-12-15-20(23)18-22-21(24)25-17-16-19-13-10-9-11-14-19/h9-11,13-14H,2-8,12,15-18H2,1H3,(H,22,24). The molecule has 1 N–H and O–H groups in total. The number of nitrogens with one attached hydrogen (secondary N) is 1. The van der Waals surface area contributed by atoms with Gasteiger partial charge in [-0.1, -0.05) is 82.2 Å². The van der Waals surface area contributed by atoms with E-state index < -0.39 is 6.09 Å². The molecular weight excluding hydrogens is 314 g/mol. The van der Waals surface area contributed by atoms with Crippen LogP contribution in [0.3, 0.4) is 0 Å². The highest BCUT2D eigenvalue weighted by molar-refractivity contribution is 5.83. The van der Waals surface area contributed by atoms with Gasteiger partial charge in [-0.2, -0.15) is 0 Å². The van der Waals surface area contributed by atoms with Crippen LogP contribution in [0, 0.1) is 0 Å². The first-order valence-electron chi connectivity index (χ1n) is 9.68. The minimum absolute atomic E-state index is 0.0701. The summed E-state index contributed by atoms with van der Waals surface area (Å²) < 4.78 is 5.08. The lowest BCUT2D eigenvalue weighted by Gasteiger charge is -2.07. The Labute approximate surface area is 152 Å². The summed E-state index contributed by atoms with van der Waals surface area (Å²) in [7, 11) is 0. The van der Waals surface area contributed by atoms with Crippen molar-refractivity contribution in [2.24, 2.45) is 0 Å². The van der Waals surface area contributed by atoms with E-state index >= 15 is 0 Å². The topological polar surface area (TPSA) is 55.4 Å². The number of benzene rings is 1. The molecule has 0 aliphatic carbocycles. The molecule has 0 aliphatic heterocycles. The van der Waals surface area contributed by atoms with Crippen molar-refractivity contribution < 1.29 is 14.3 Å².